The molecule has 3 heterocycles. The Balaban J connectivity index is 1.48. The summed E-state index contributed by atoms with van der Waals surface area (Å²) in [5.74, 6) is -0.657. The number of halogens is 1. The predicted molar refractivity (Wildman–Crippen MR) is 119 cm³/mol. The topological polar surface area (TPSA) is 120 Å². The molecular formula is C20H17ClN6O3S. The molecule has 31 heavy (non-hydrogen) atoms. The average Bonchev–Trinajstić information content (AvgIpc) is 3.36. The van der Waals surface area contributed by atoms with Gasteiger partial charge in [-0.3, -0.25) is 19.9 Å². The smallest absolute Gasteiger partial charge is 0.289 e. The van der Waals surface area contributed by atoms with Crippen LogP contribution in [0.4, 0.5) is 17.2 Å². The monoisotopic (exact) mass is 456 g/mol. The van der Waals surface area contributed by atoms with E-state index in [-0.39, 0.29) is 16.6 Å². The number of aromatic nitrogens is 2. The summed E-state index contributed by atoms with van der Waals surface area (Å²) >= 11 is 6.93. The van der Waals surface area contributed by atoms with Gasteiger partial charge >= 0.3 is 0 Å². The zero-order valence-electron chi connectivity index (χ0n) is 16.3. The number of thiazole rings is 1. The van der Waals surface area contributed by atoms with Crippen LogP contribution < -0.4 is 15.5 Å². The van der Waals surface area contributed by atoms with Crippen LogP contribution in [0.15, 0.2) is 42.6 Å². The number of benzene rings is 1. The lowest BCUT2D eigenvalue weighted by Crippen LogP contribution is -2.24. The number of hydrogen-bond acceptors (Lipinski definition) is 7. The molecule has 0 spiro atoms. The van der Waals surface area contributed by atoms with Crippen molar-refractivity contribution in [2.45, 2.75) is 6.92 Å². The summed E-state index contributed by atoms with van der Waals surface area (Å²) in [6, 6.07) is 10.3. The van der Waals surface area contributed by atoms with E-state index in [0.29, 0.717) is 34.7 Å². The summed E-state index contributed by atoms with van der Waals surface area (Å²) in [4.78, 5) is 35.6. The van der Waals surface area contributed by atoms with Crippen molar-refractivity contribution in [2.75, 3.05) is 28.7 Å². The number of nitrogens with one attached hydrogen (secondary N) is 3. The van der Waals surface area contributed by atoms with Crippen molar-refractivity contribution < 1.29 is 14.3 Å². The fourth-order valence-electron chi connectivity index (χ4n) is 2.93. The molecule has 0 bridgehead atoms. The molecule has 1 fully saturated rings. The number of anilines is 3. The minimum absolute atomic E-state index is 0.0350. The number of amidine groups is 1. The molecule has 158 valence electrons. The zero-order valence-corrected chi connectivity index (χ0v) is 17.9. The molecule has 1 aliphatic heterocycles. The van der Waals surface area contributed by atoms with E-state index in [1.165, 1.54) is 6.20 Å². The van der Waals surface area contributed by atoms with E-state index in [2.05, 4.69) is 20.6 Å². The molecule has 0 radical (unpaired) electrons. The Morgan fingerprint density at radius 1 is 1.16 bits per heavy atom. The fraction of sp³-hybridized carbons (Fsp3) is 0.150. The first-order chi connectivity index (χ1) is 14.9. The predicted octanol–water partition coefficient (Wildman–Crippen LogP) is 3.78. The number of amides is 2. The second-order valence-electron chi connectivity index (χ2n) is 6.53. The van der Waals surface area contributed by atoms with Crippen LogP contribution in [0.1, 0.15) is 25.2 Å². The van der Waals surface area contributed by atoms with Gasteiger partial charge in [0.2, 0.25) is 0 Å². The van der Waals surface area contributed by atoms with Gasteiger partial charge in [-0.25, -0.2) is 9.97 Å². The van der Waals surface area contributed by atoms with Crippen molar-refractivity contribution in [3.8, 4) is 0 Å². The number of hydrogen-bond donors (Lipinski definition) is 3. The second-order valence-corrected chi connectivity index (χ2v) is 8.17. The standard InChI is InChI=1S/C20H17ClN6O3S/c1-11-24-16(17(31-11)19(29)26-15-7-2-12(21)10-23-15)18(28)25-13-3-5-14(6-4-13)27-8-9-30-20(27)22/h2-7,10,22H,8-9H2,1H3,(H,25,28)(H,23,26,29). The molecule has 0 saturated carbocycles. The quantitative estimate of drug-likeness (QED) is 0.537. The molecule has 0 aliphatic carbocycles. The Bertz CT molecular complexity index is 1150. The first-order valence-corrected chi connectivity index (χ1v) is 10.4. The fourth-order valence-corrected chi connectivity index (χ4v) is 3.86. The normalized spacial score (nSPS) is 13.1. The van der Waals surface area contributed by atoms with Gasteiger partial charge in [-0.2, -0.15) is 0 Å². The van der Waals surface area contributed by atoms with Gasteiger partial charge in [-0.15, -0.1) is 11.3 Å². The van der Waals surface area contributed by atoms with Crippen LogP contribution in [0.5, 0.6) is 0 Å². The Kier molecular flexibility index (Phi) is 5.83. The Hall–Kier alpha value is -3.50. The number of ether oxygens (including phenoxy) is 1. The number of carbonyl (C=O) groups is 2. The van der Waals surface area contributed by atoms with Crippen molar-refractivity contribution in [2.24, 2.45) is 0 Å². The van der Waals surface area contributed by atoms with Gasteiger partial charge in [0.05, 0.1) is 16.6 Å². The second kappa shape index (κ2) is 8.70. The molecule has 3 N–H and O–H groups in total. The van der Waals surface area contributed by atoms with Crippen molar-refractivity contribution in [3.05, 3.63) is 63.2 Å². The molecule has 4 rings (SSSR count). The van der Waals surface area contributed by atoms with E-state index < -0.39 is 11.8 Å². The maximum Gasteiger partial charge on any atom is 0.289 e. The van der Waals surface area contributed by atoms with Gasteiger partial charge in [-0.1, -0.05) is 11.6 Å². The first kappa shape index (κ1) is 20.8. The van der Waals surface area contributed by atoms with E-state index in [1.54, 1.807) is 48.2 Å². The van der Waals surface area contributed by atoms with E-state index in [9.17, 15) is 9.59 Å². The molecule has 9 nitrogen and oxygen atoms in total. The van der Waals surface area contributed by atoms with Crippen molar-refractivity contribution in [1.29, 1.82) is 5.41 Å². The minimum atomic E-state index is -0.497. The third kappa shape index (κ3) is 4.65. The first-order valence-electron chi connectivity index (χ1n) is 9.21. The SMILES string of the molecule is Cc1nc(C(=O)Nc2ccc(N3CCOC3=N)cc2)c(C(=O)Nc2ccc(Cl)cn2)s1. The van der Waals surface area contributed by atoms with Gasteiger partial charge in [0.15, 0.2) is 5.69 Å². The van der Waals surface area contributed by atoms with Gasteiger partial charge in [0, 0.05) is 17.6 Å². The maximum atomic E-state index is 12.8. The zero-order chi connectivity index (χ0) is 22.0. The van der Waals surface area contributed by atoms with Gasteiger partial charge < -0.3 is 15.4 Å². The molecular weight excluding hydrogens is 440 g/mol. The molecule has 1 aliphatic rings. The molecule has 1 aromatic carbocycles. The number of rotatable bonds is 5. The van der Waals surface area contributed by atoms with Gasteiger partial charge in [-0.05, 0) is 43.3 Å². The minimum Gasteiger partial charge on any atom is -0.463 e. The highest BCUT2D eigenvalue weighted by Gasteiger charge is 2.24. The Morgan fingerprint density at radius 2 is 1.94 bits per heavy atom. The largest absolute Gasteiger partial charge is 0.463 e. The van der Waals surface area contributed by atoms with Crippen molar-refractivity contribution >= 4 is 58.0 Å². The van der Waals surface area contributed by atoms with Crippen LogP contribution in [0.2, 0.25) is 5.02 Å². The van der Waals surface area contributed by atoms with Crippen molar-refractivity contribution in [1.82, 2.24) is 9.97 Å². The van der Waals surface area contributed by atoms with Crippen LogP contribution >= 0.6 is 22.9 Å². The Labute approximate surface area is 186 Å². The van der Waals surface area contributed by atoms with Crippen LogP contribution in [-0.4, -0.2) is 41.0 Å². The van der Waals surface area contributed by atoms with Crippen LogP contribution in [0.3, 0.4) is 0 Å². The number of aryl methyl sites for hydroxylation is 1. The highest BCUT2D eigenvalue weighted by molar-refractivity contribution is 7.14. The van der Waals surface area contributed by atoms with E-state index >= 15 is 0 Å². The van der Waals surface area contributed by atoms with E-state index in [4.69, 9.17) is 21.7 Å². The lowest BCUT2D eigenvalue weighted by Gasteiger charge is -2.15. The van der Waals surface area contributed by atoms with Crippen LogP contribution in [0.25, 0.3) is 0 Å². The van der Waals surface area contributed by atoms with Crippen LogP contribution in [-0.2, 0) is 4.74 Å². The Morgan fingerprint density at radius 3 is 2.58 bits per heavy atom. The number of nitrogens with zero attached hydrogens (tertiary/aromatic N) is 3. The average molecular weight is 457 g/mol. The summed E-state index contributed by atoms with van der Waals surface area (Å²) in [7, 11) is 0. The highest BCUT2D eigenvalue weighted by Crippen LogP contribution is 2.23. The third-order valence-corrected chi connectivity index (χ3v) is 5.55. The maximum absolute atomic E-state index is 12.8. The molecule has 2 amide bonds. The summed E-state index contributed by atoms with van der Waals surface area (Å²) < 4.78 is 5.14. The molecule has 0 atom stereocenters. The molecule has 2 aromatic heterocycles. The third-order valence-electron chi connectivity index (χ3n) is 4.36. The van der Waals surface area contributed by atoms with Crippen molar-refractivity contribution in [3.63, 3.8) is 0 Å². The summed E-state index contributed by atoms with van der Waals surface area (Å²) in [5.41, 5.74) is 1.37. The molecule has 11 heteroatoms. The molecule has 1 saturated heterocycles. The highest BCUT2D eigenvalue weighted by atomic mass is 35.5. The lowest BCUT2D eigenvalue weighted by atomic mass is 10.2. The van der Waals surface area contributed by atoms with E-state index in [0.717, 1.165) is 17.0 Å². The lowest BCUT2D eigenvalue weighted by molar-refractivity contribution is 0.0990. The van der Waals surface area contributed by atoms with E-state index in [1.807, 2.05) is 0 Å². The molecule has 0 unspecified atom stereocenters. The van der Waals surface area contributed by atoms with Gasteiger partial charge in [0.25, 0.3) is 17.8 Å². The molecule has 3 aromatic rings. The summed E-state index contributed by atoms with van der Waals surface area (Å²) in [5, 5.41) is 14.2. The summed E-state index contributed by atoms with van der Waals surface area (Å²) in [6.07, 6.45) is 1.42. The number of pyridine rings is 1. The van der Waals surface area contributed by atoms with Gasteiger partial charge in [0.1, 0.15) is 17.3 Å². The summed E-state index contributed by atoms with van der Waals surface area (Å²) in [6.45, 7) is 2.79. The number of carbonyl (C=O) groups excluding carboxylic acids is 2. The van der Waals surface area contributed by atoms with Crippen LogP contribution in [0, 0.1) is 12.3 Å².